The highest BCUT2D eigenvalue weighted by Crippen LogP contribution is 2.76. The number of aromatic nitrogens is 1. The van der Waals surface area contributed by atoms with Crippen molar-refractivity contribution in [3.63, 3.8) is 0 Å². The van der Waals surface area contributed by atoms with Crippen LogP contribution >= 0.6 is 0 Å². The number of nitriles is 1. The predicted molar refractivity (Wildman–Crippen MR) is 296 cm³/mol. The molecule has 12 heteroatoms. The van der Waals surface area contributed by atoms with E-state index in [1.807, 2.05) is 0 Å². The molecular formula is C63H95N3O8S. The standard InChI is InChI=1S/C63H95N3O8S/c1-10-11-12-13-14-15-16-19-53(67)73-43-74-56(68)61(42-72-55-46(41-64)18-17-39-65-55)31-22-45(23-32-61)49-27-29-58(6)51(57(49,4)5)28-30-60(8)52(58)21-20-50-54-48(44(2)3)26-35-63(54,37-36-59(50,60)7)66-40-38-62(69)33-24-47(25-34-62)75(9,70)71/h17-18,22,27,39,47-48,50-52,54,66,69H,2,10-16,19-21,23-26,28-38,40,42-43H2,1,3-9H3/t47-,48-,50+,51-,52+,54+,58-,59+,60+,61+,62+,63-/m0/s1. The first-order chi connectivity index (χ1) is 35.5. The molecule has 0 bridgehead atoms. The van der Waals surface area contributed by atoms with Gasteiger partial charge in [-0.1, -0.05) is 104 Å². The van der Waals surface area contributed by atoms with Crippen LogP contribution in [0.1, 0.15) is 215 Å². The summed E-state index contributed by atoms with van der Waals surface area (Å²) in [6, 6.07) is 5.51. The number of hydrogen-bond acceptors (Lipinski definition) is 11. The molecular weight excluding hydrogens is 959 g/mol. The van der Waals surface area contributed by atoms with Crippen LogP contribution in [-0.4, -0.2) is 73.0 Å². The summed E-state index contributed by atoms with van der Waals surface area (Å²) in [5.41, 5.74) is 2.86. The molecule has 1 heterocycles. The van der Waals surface area contributed by atoms with Gasteiger partial charge < -0.3 is 24.6 Å². The number of nitrogens with one attached hydrogen (secondary N) is 1. The summed E-state index contributed by atoms with van der Waals surface area (Å²) in [6.45, 7) is 22.4. The van der Waals surface area contributed by atoms with Gasteiger partial charge in [0.1, 0.15) is 33.5 Å². The average molecular weight is 1050 g/mol. The number of sulfone groups is 1. The number of esters is 2. The van der Waals surface area contributed by atoms with Gasteiger partial charge in [0.2, 0.25) is 12.7 Å². The molecule has 0 aliphatic heterocycles. The molecule has 10 atom stereocenters. The molecule has 7 aliphatic rings. The highest BCUT2D eigenvalue weighted by Gasteiger charge is 2.70. The van der Waals surface area contributed by atoms with Crippen LogP contribution in [0.5, 0.6) is 5.88 Å². The lowest BCUT2D eigenvalue weighted by Crippen LogP contribution is -2.68. The fraction of sp³-hybridized carbons (Fsp3) is 0.778. The minimum atomic E-state index is -3.09. The van der Waals surface area contributed by atoms with Gasteiger partial charge in [-0.25, -0.2) is 13.4 Å². The normalized spacial score (nSPS) is 37.0. The molecule has 0 aromatic carbocycles. The number of aliphatic hydroxyl groups is 1. The van der Waals surface area contributed by atoms with Crippen LogP contribution in [-0.2, 0) is 28.9 Å². The second kappa shape index (κ2) is 22.7. The topological polar surface area (TPSA) is 165 Å². The Labute approximate surface area is 452 Å². The summed E-state index contributed by atoms with van der Waals surface area (Å²) >= 11 is 0. The second-order valence-corrected chi connectivity index (χ2v) is 29.0. The molecule has 75 heavy (non-hydrogen) atoms. The minimum Gasteiger partial charge on any atom is -0.475 e. The lowest BCUT2D eigenvalue weighted by molar-refractivity contribution is -0.221. The molecule has 1 aromatic rings. The Bertz CT molecular complexity index is 2470. The lowest BCUT2D eigenvalue weighted by Gasteiger charge is -2.72. The highest BCUT2D eigenvalue weighted by molar-refractivity contribution is 7.91. The Kier molecular flexibility index (Phi) is 17.4. The minimum absolute atomic E-state index is 0.0136. The van der Waals surface area contributed by atoms with Gasteiger partial charge in [0.05, 0.1) is 10.9 Å². The molecule has 0 radical (unpaired) electrons. The van der Waals surface area contributed by atoms with Crippen molar-refractivity contribution < 1.29 is 37.3 Å². The molecule has 0 spiro atoms. The Balaban J connectivity index is 0.960. The summed E-state index contributed by atoms with van der Waals surface area (Å²) in [6.07, 6.45) is 30.6. The Morgan fingerprint density at radius 2 is 1.60 bits per heavy atom. The van der Waals surface area contributed by atoms with Crippen LogP contribution < -0.4 is 10.1 Å². The summed E-state index contributed by atoms with van der Waals surface area (Å²) in [4.78, 5) is 31.2. The molecule has 0 amide bonds. The molecule has 0 saturated heterocycles. The van der Waals surface area contributed by atoms with E-state index < -0.39 is 33.6 Å². The number of carbonyl (C=O) groups is 2. The third-order valence-corrected chi connectivity index (χ3v) is 24.0. The molecule has 7 aliphatic carbocycles. The summed E-state index contributed by atoms with van der Waals surface area (Å²) in [5, 5.41) is 25.4. The molecule has 5 fully saturated rings. The molecule has 2 N–H and O–H groups in total. The van der Waals surface area contributed by atoms with Crippen molar-refractivity contribution in [1.82, 2.24) is 10.3 Å². The number of allylic oxidation sites excluding steroid dienone is 5. The number of unbranched alkanes of at least 4 members (excludes halogenated alkanes) is 6. The van der Waals surface area contributed by atoms with E-state index in [2.05, 4.69) is 83.6 Å². The zero-order valence-corrected chi connectivity index (χ0v) is 48.3. The highest BCUT2D eigenvalue weighted by atomic mass is 32.2. The van der Waals surface area contributed by atoms with E-state index in [0.717, 1.165) is 51.5 Å². The van der Waals surface area contributed by atoms with Gasteiger partial charge in [-0.05, 0) is 204 Å². The third-order valence-electron chi connectivity index (χ3n) is 22.3. The monoisotopic (exact) mass is 1050 g/mol. The zero-order chi connectivity index (χ0) is 54.1. The largest absolute Gasteiger partial charge is 0.475 e. The maximum Gasteiger partial charge on any atom is 0.318 e. The van der Waals surface area contributed by atoms with Gasteiger partial charge in [0.25, 0.3) is 0 Å². The van der Waals surface area contributed by atoms with E-state index in [0.29, 0.717) is 92.9 Å². The number of ether oxygens (including phenoxy) is 3. The Morgan fingerprint density at radius 3 is 2.28 bits per heavy atom. The molecule has 416 valence electrons. The Morgan fingerprint density at radius 1 is 0.867 bits per heavy atom. The number of fused-ring (bicyclic) bond motifs is 7. The predicted octanol–water partition coefficient (Wildman–Crippen LogP) is 13.3. The van der Waals surface area contributed by atoms with E-state index in [4.69, 9.17) is 14.2 Å². The van der Waals surface area contributed by atoms with Crippen LogP contribution in [0.3, 0.4) is 0 Å². The average Bonchev–Trinajstić information content (AvgIpc) is 3.85. The van der Waals surface area contributed by atoms with Crippen molar-refractivity contribution in [3.8, 4) is 11.9 Å². The number of rotatable bonds is 21. The van der Waals surface area contributed by atoms with Gasteiger partial charge in [-0.3, -0.25) is 9.59 Å². The number of nitrogens with zero attached hydrogens (tertiary/aromatic N) is 2. The fourth-order valence-corrected chi connectivity index (χ4v) is 19.0. The maximum atomic E-state index is 14.2. The van der Waals surface area contributed by atoms with Crippen molar-refractivity contribution in [3.05, 3.63) is 59.3 Å². The van der Waals surface area contributed by atoms with Gasteiger partial charge in [-0.15, -0.1) is 0 Å². The van der Waals surface area contributed by atoms with Crippen molar-refractivity contribution >= 4 is 21.8 Å². The quantitative estimate of drug-likeness (QED) is 0.0521. The van der Waals surface area contributed by atoms with Crippen molar-refractivity contribution in [2.24, 2.45) is 56.7 Å². The summed E-state index contributed by atoms with van der Waals surface area (Å²) in [5.74, 6) is 1.99. The first-order valence-electron chi connectivity index (χ1n) is 29.5. The SMILES string of the molecule is C=C(C)[C@@H]1CC[C@]2(NCC[C@]3(O)CC[C@@H](S(C)(=O)=O)CC3)CC[C@]3(C)[C@H](CC[C@@H]4[C@@]5(C)CC=C(C6=CC[C@@](COc7ncccc7C#N)(C(=O)OCOC(=O)CCCCCCCCC)CC6)C(C)(C)[C@@H]5CC[C@]43C)[C@@H]12. The van der Waals surface area contributed by atoms with Crippen LogP contribution in [0.4, 0.5) is 0 Å². The van der Waals surface area contributed by atoms with Crippen molar-refractivity contribution in [2.75, 3.05) is 26.2 Å². The number of hydrogen-bond donors (Lipinski definition) is 2. The van der Waals surface area contributed by atoms with Crippen LogP contribution in [0, 0.1) is 68.0 Å². The lowest BCUT2D eigenvalue weighted by atomic mass is 9.33. The second-order valence-electron chi connectivity index (χ2n) is 26.7. The number of carbonyl (C=O) groups excluding carboxylic acids is 2. The van der Waals surface area contributed by atoms with E-state index in [9.17, 15) is 28.4 Å². The van der Waals surface area contributed by atoms with Crippen LogP contribution in [0.15, 0.2) is 53.8 Å². The van der Waals surface area contributed by atoms with E-state index in [1.54, 1.807) is 18.3 Å². The van der Waals surface area contributed by atoms with Gasteiger partial charge in [0, 0.05) is 24.4 Å². The third kappa shape index (κ3) is 11.2. The first kappa shape index (κ1) is 57.6. The zero-order valence-electron chi connectivity index (χ0n) is 47.5. The Hall–Kier alpha value is -3.53. The van der Waals surface area contributed by atoms with Gasteiger partial charge in [0.15, 0.2) is 0 Å². The van der Waals surface area contributed by atoms with Crippen LogP contribution in [0.25, 0.3) is 0 Å². The summed E-state index contributed by atoms with van der Waals surface area (Å²) in [7, 11) is -3.09. The van der Waals surface area contributed by atoms with Gasteiger partial charge >= 0.3 is 11.9 Å². The van der Waals surface area contributed by atoms with Crippen LogP contribution in [0.2, 0.25) is 0 Å². The van der Waals surface area contributed by atoms with Crippen molar-refractivity contribution in [1.29, 1.82) is 5.26 Å². The van der Waals surface area contributed by atoms with Gasteiger partial charge in [-0.2, -0.15) is 5.26 Å². The summed E-state index contributed by atoms with van der Waals surface area (Å²) < 4.78 is 42.0. The smallest absolute Gasteiger partial charge is 0.318 e. The van der Waals surface area contributed by atoms with E-state index in [1.165, 1.54) is 80.8 Å². The molecule has 1 aromatic heterocycles. The first-order valence-corrected chi connectivity index (χ1v) is 31.5. The van der Waals surface area contributed by atoms with E-state index in [-0.39, 0.29) is 50.9 Å². The number of pyridine rings is 1. The molecule has 8 rings (SSSR count). The van der Waals surface area contributed by atoms with E-state index >= 15 is 0 Å². The molecule has 0 unspecified atom stereocenters. The maximum absolute atomic E-state index is 14.2. The molecule has 11 nitrogen and oxygen atoms in total. The van der Waals surface area contributed by atoms with Crippen molar-refractivity contribution in [2.45, 2.75) is 225 Å². The molecule has 5 saturated carbocycles. The fourth-order valence-electron chi connectivity index (χ4n) is 17.9.